The number of rotatable bonds is 0. The number of hydrogen-bond donors (Lipinski definition) is 0. The second-order valence-electron chi connectivity index (χ2n) is 2.15. The summed E-state index contributed by atoms with van der Waals surface area (Å²) in [5.74, 6) is -0.403. The van der Waals surface area contributed by atoms with Crippen molar-refractivity contribution < 1.29 is 4.39 Å². The third-order valence-corrected chi connectivity index (χ3v) is 2.61. The normalized spacial score (nSPS) is 9.27. The van der Waals surface area contributed by atoms with Gasteiger partial charge in [0.2, 0.25) is 0 Å². The van der Waals surface area contributed by atoms with Crippen LogP contribution >= 0.6 is 22.6 Å². The molecule has 0 unspecified atom stereocenters. The zero-order chi connectivity index (χ0) is 8.43. The highest BCUT2D eigenvalue weighted by Gasteiger charge is 2.06. The Bertz CT molecular complexity index is 328. The van der Waals surface area contributed by atoms with Gasteiger partial charge in [-0.15, -0.1) is 0 Å². The van der Waals surface area contributed by atoms with E-state index in [0.29, 0.717) is 5.56 Å². The van der Waals surface area contributed by atoms with Gasteiger partial charge in [0.1, 0.15) is 11.9 Å². The summed E-state index contributed by atoms with van der Waals surface area (Å²) in [6.07, 6.45) is 0. The van der Waals surface area contributed by atoms with E-state index in [1.165, 1.54) is 6.07 Å². The molecule has 56 valence electrons. The summed E-state index contributed by atoms with van der Waals surface area (Å²) in [5, 5.41) is 8.44. The number of nitrogens with zero attached hydrogens (tertiary/aromatic N) is 1. The molecule has 0 saturated carbocycles. The van der Waals surface area contributed by atoms with Gasteiger partial charge < -0.3 is 0 Å². The van der Waals surface area contributed by atoms with Gasteiger partial charge >= 0.3 is 0 Å². The van der Waals surface area contributed by atoms with Crippen LogP contribution in [0, 0.1) is 27.6 Å². The highest BCUT2D eigenvalue weighted by Crippen LogP contribution is 2.17. The standard InChI is InChI=1S/C8H5FIN/c1-5-7(10)3-2-6(4-11)8(5)9/h2-3H,1H3. The van der Waals surface area contributed by atoms with Crippen molar-refractivity contribution in [2.24, 2.45) is 0 Å². The van der Waals surface area contributed by atoms with Gasteiger partial charge in [0.25, 0.3) is 0 Å². The summed E-state index contributed by atoms with van der Waals surface area (Å²) in [7, 11) is 0. The van der Waals surface area contributed by atoms with Crippen molar-refractivity contribution >= 4 is 22.6 Å². The molecular weight excluding hydrogens is 256 g/mol. The molecule has 0 aliphatic rings. The van der Waals surface area contributed by atoms with Crippen LogP contribution in [0.1, 0.15) is 11.1 Å². The van der Waals surface area contributed by atoms with Gasteiger partial charge in [-0.1, -0.05) is 0 Å². The fraction of sp³-hybridized carbons (Fsp3) is 0.125. The number of nitriles is 1. The van der Waals surface area contributed by atoms with E-state index >= 15 is 0 Å². The summed E-state index contributed by atoms with van der Waals surface area (Å²) in [4.78, 5) is 0. The van der Waals surface area contributed by atoms with Gasteiger partial charge in [0.05, 0.1) is 5.56 Å². The predicted molar refractivity (Wildman–Crippen MR) is 48.6 cm³/mol. The quantitative estimate of drug-likeness (QED) is 0.658. The van der Waals surface area contributed by atoms with Gasteiger partial charge in [-0.2, -0.15) is 5.26 Å². The molecule has 3 heteroatoms. The van der Waals surface area contributed by atoms with E-state index in [-0.39, 0.29) is 5.56 Å². The van der Waals surface area contributed by atoms with Crippen LogP contribution in [0.4, 0.5) is 4.39 Å². The van der Waals surface area contributed by atoms with Crippen LogP contribution in [0.5, 0.6) is 0 Å². The molecule has 0 saturated heterocycles. The van der Waals surface area contributed by atoms with E-state index in [1.807, 2.05) is 22.6 Å². The zero-order valence-electron chi connectivity index (χ0n) is 5.86. The molecule has 0 aliphatic heterocycles. The molecule has 0 amide bonds. The molecule has 0 fully saturated rings. The highest BCUT2D eigenvalue weighted by atomic mass is 127. The summed E-state index contributed by atoms with van der Waals surface area (Å²) in [5.41, 5.74) is 0.660. The Morgan fingerprint density at radius 2 is 2.18 bits per heavy atom. The zero-order valence-corrected chi connectivity index (χ0v) is 8.02. The van der Waals surface area contributed by atoms with Gasteiger partial charge in [-0.3, -0.25) is 0 Å². The summed E-state index contributed by atoms with van der Waals surface area (Å²) < 4.78 is 13.9. The van der Waals surface area contributed by atoms with Crippen LogP contribution in [0.3, 0.4) is 0 Å². The summed E-state index contributed by atoms with van der Waals surface area (Å²) >= 11 is 2.03. The average molecular weight is 261 g/mol. The van der Waals surface area contributed by atoms with Crippen molar-refractivity contribution in [3.8, 4) is 6.07 Å². The molecule has 0 atom stereocenters. The minimum absolute atomic E-state index is 0.114. The van der Waals surface area contributed by atoms with Gasteiger partial charge in [0, 0.05) is 3.57 Å². The first kappa shape index (κ1) is 8.47. The first-order chi connectivity index (χ1) is 5.16. The van der Waals surface area contributed by atoms with Crippen molar-refractivity contribution in [2.45, 2.75) is 6.92 Å². The minimum Gasteiger partial charge on any atom is -0.205 e. The molecule has 0 aliphatic carbocycles. The predicted octanol–water partition coefficient (Wildman–Crippen LogP) is 2.61. The van der Waals surface area contributed by atoms with Gasteiger partial charge in [-0.25, -0.2) is 4.39 Å². The number of hydrogen-bond acceptors (Lipinski definition) is 1. The Labute approximate surface area is 78.0 Å². The fourth-order valence-corrected chi connectivity index (χ4v) is 1.16. The maximum atomic E-state index is 13.0. The van der Waals surface area contributed by atoms with E-state index in [2.05, 4.69) is 0 Å². The molecule has 1 aromatic carbocycles. The van der Waals surface area contributed by atoms with Crippen LogP contribution in [0.2, 0.25) is 0 Å². The van der Waals surface area contributed by atoms with Crippen molar-refractivity contribution in [1.82, 2.24) is 0 Å². The minimum atomic E-state index is -0.403. The van der Waals surface area contributed by atoms with Gasteiger partial charge in [-0.05, 0) is 47.2 Å². The molecule has 1 aromatic rings. The van der Waals surface area contributed by atoms with Crippen LogP contribution < -0.4 is 0 Å². The topological polar surface area (TPSA) is 23.8 Å². The number of benzene rings is 1. The third kappa shape index (κ3) is 1.51. The Morgan fingerprint density at radius 1 is 1.55 bits per heavy atom. The first-order valence-electron chi connectivity index (χ1n) is 3.01. The summed E-state index contributed by atoms with van der Waals surface area (Å²) in [6, 6.07) is 5.01. The Kier molecular flexibility index (Phi) is 2.45. The Balaban J connectivity index is 3.40. The van der Waals surface area contributed by atoms with Crippen LogP contribution in [-0.2, 0) is 0 Å². The molecule has 11 heavy (non-hydrogen) atoms. The van der Waals surface area contributed by atoms with Crippen LogP contribution in [-0.4, -0.2) is 0 Å². The van der Waals surface area contributed by atoms with E-state index in [9.17, 15) is 4.39 Å². The van der Waals surface area contributed by atoms with E-state index in [1.54, 1.807) is 19.1 Å². The van der Waals surface area contributed by atoms with Crippen LogP contribution in [0.15, 0.2) is 12.1 Å². The van der Waals surface area contributed by atoms with Crippen molar-refractivity contribution in [1.29, 1.82) is 5.26 Å². The lowest BCUT2D eigenvalue weighted by Crippen LogP contribution is -1.90. The van der Waals surface area contributed by atoms with Crippen LogP contribution in [0.25, 0.3) is 0 Å². The monoisotopic (exact) mass is 261 g/mol. The van der Waals surface area contributed by atoms with E-state index in [4.69, 9.17) is 5.26 Å². The maximum absolute atomic E-state index is 13.0. The second kappa shape index (κ2) is 3.18. The smallest absolute Gasteiger partial charge is 0.144 e. The molecular formula is C8H5FIN. The van der Waals surface area contributed by atoms with Crippen molar-refractivity contribution in [3.63, 3.8) is 0 Å². The summed E-state index contributed by atoms with van der Waals surface area (Å²) in [6.45, 7) is 1.66. The second-order valence-corrected chi connectivity index (χ2v) is 3.31. The lowest BCUT2D eigenvalue weighted by molar-refractivity contribution is 0.613. The molecule has 0 heterocycles. The molecule has 0 aromatic heterocycles. The van der Waals surface area contributed by atoms with Gasteiger partial charge in [0.15, 0.2) is 0 Å². The molecule has 1 nitrogen and oxygen atoms in total. The lowest BCUT2D eigenvalue weighted by Gasteiger charge is -1.99. The SMILES string of the molecule is Cc1c(I)ccc(C#N)c1F. The molecule has 1 rings (SSSR count). The van der Waals surface area contributed by atoms with Crippen molar-refractivity contribution in [3.05, 3.63) is 32.6 Å². The van der Waals surface area contributed by atoms with E-state index in [0.717, 1.165) is 3.57 Å². The molecule has 0 radical (unpaired) electrons. The molecule has 0 bridgehead atoms. The first-order valence-corrected chi connectivity index (χ1v) is 4.09. The van der Waals surface area contributed by atoms with Crippen molar-refractivity contribution in [2.75, 3.05) is 0 Å². The fourth-order valence-electron chi connectivity index (χ4n) is 0.748. The Hall–Kier alpha value is -0.630. The molecule has 0 N–H and O–H groups in total. The maximum Gasteiger partial charge on any atom is 0.144 e. The lowest BCUT2D eigenvalue weighted by atomic mass is 10.1. The van der Waals surface area contributed by atoms with E-state index < -0.39 is 5.82 Å². The highest BCUT2D eigenvalue weighted by molar-refractivity contribution is 14.1. The molecule has 0 spiro atoms. The largest absolute Gasteiger partial charge is 0.205 e. The third-order valence-electron chi connectivity index (χ3n) is 1.44. The Morgan fingerprint density at radius 3 is 2.73 bits per heavy atom. The number of halogens is 2. The average Bonchev–Trinajstić information content (AvgIpc) is 2.01.